The van der Waals surface area contributed by atoms with Crippen molar-refractivity contribution in [2.45, 2.75) is 26.8 Å². The van der Waals surface area contributed by atoms with Gasteiger partial charge < -0.3 is 15.2 Å². The van der Waals surface area contributed by atoms with Gasteiger partial charge in [-0.15, -0.1) is 0 Å². The Labute approximate surface area is 167 Å². The van der Waals surface area contributed by atoms with Crippen LogP contribution in [0.4, 0.5) is 14.9 Å². The summed E-state index contributed by atoms with van der Waals surface area (Å²) in [5.41, 5.74) is 4.49. The SMILES string of the molecule is Cc1ccc(NC(=O)N2CCc3nc(-c4ccc(F)cc4)[nH]c(=O)c3C2)cc1C. The quantitative estimate of drug-likeness (QED) is 0.697. The van der Waals surface area contributed by atoms with E-state index in [1.807, 2.05) is 32.0 Å². The number of hydrogen-bond donors (Lipinski definition) is 2. The minimum absolute atomic E-state index is 0.193. The smallest absolute Gasteiger partial charge is 0.320 e. The third-order valence-corrected chi connectivity index (χ3v) is 5.23. The first-order chi connectivity index (χ1) is 13.9. The van der Waals surface area contributed by atoms with Crippen LogP contribution < -0.4 is 10.9 Å². The molecule has 0 radical (unpaired) electrons. The second kappa shape index (κ2) is 7.50. The summed E-state index contributed by atoms with van der Waals surface area (Å²) in [6.45, 7) is 4.66. The number of rotatable bonds is 2. The van der Waals surface area contributed by atoms with Crippen LogP contribution in [0, 0.1) is 19.7 Å². The third kappa shape index (κ3) is 3.89. The molecule has 6 nitrogen and oxygen atoms in total. The van der Waals surface area contributed by atoms with Crippen molar-refractivity contribution >= 4 is 11.7 Å². The molecule has 1 aliphatic heterocycles. The molecule has 2 N–H and O–H groups in total. The summed E-state index contributed by atoms with van der Waals surface area (Å²) in [4.78, 5) is 34.1. The predicted molar refractivity (Wildman–Crippen MR) is 109 cm³/mol. The van der Waals surface area contributed by atoms with Gasteiger partial charge in [-0.25, -0.2) is 14.2 Å². The summed E-state index contributed by atoms with van der Waals surface area (Å²) in [6, 6.07) is 11.3. The predicted octanol–water partition coefficient (Wildman–Crippen LogP) is 3.78. The van der Waals surface area contributed by atoms with Gasteiger partial charge >= 0.3 is 6.03 Å². The maximum absolute atomic E-state index is 13.1. The van der Waals surface area contributed by atoms with Crippen LogP contribution in [0.1, 0.15) is 22.4 Å². The number of amides is 2. The van der Waals surface area contributed by atoms with Crippen LogP contribution in [0.3, 0.4) is 0 Å². The number of nitrogens with one attached hydrogen (secondary N) is 2. The molecule has 0 aliphatic carbocycles. The number of urea groups is 1. The van der Waals surface area contributed by atoms with E-state index in [-0.39, 0.29) is 24.0 Å². The lowest BCUT2D eigenvalue weighted by atomic mass is 10.1. The molecule has 3 aromatic rings. The average Bonchev–Trinajstić information content (AvgIpc) is 2.71. The third-order valence-electron chi connectivity index (χ3n) is 5.23. The molecule has 0 atom stereocenters. The summed E-state index contributed by atoms with van der Waals surface area (Å²) in [7, 11) is 0. The van der Waals surface area contributed by atoms with Crippen molar-refractivity contribution in [2.75, 3.05) is 11.9 Å². The van der Waals surface area contributed by atoms with E-state index in [0.29, 0.717) is 35.6 Å². The summed E-state index contributed by atoms with van der Waals surface area (Å²) >= 11 is 0. The minimum Gasteiger partial charge on any atom is -0.320 e. The molecule has 29 heavy (non-hydrogen) atoms. The first-order valence-corrected chi connectivity index (χ1v) is 9.42. The Balaban J connectivity index is 1.53. The zero-order valence-electron chi connectivity index (χ0n) is 16.3. The fourth-order valence-electron chi connectivity index (χ4n) is 3.36. The van der Waals surface area contributed by atoms with E-state index in [2.05, 4.69) is 15.3 Å². The van der Waals surface area contributed by atoms with Crippen LogP contribution in [-0.4, -0.2) is 27.4 Å². The lowest BCUT2D eigenvalue weighted by Crippen LogP contribution is -2.41. The van der Waals surface area contributed by atoms with Gasteiger partial charge in [-0.3, -0.25) is 4.79 Å². The fraction of sp³-hybridized carbons (Fsp3) is 0.227. The Kier molecular flexibility index (Phi) is 4.88. The number of nitrogens with zero attached hydrogens (tertiary/aromatic N) is 2. The largest absolute Gasteiger partial charge is 0.322 e. The van der Waals surface area contributed by atoms with E-state index in [1.165, 1.54) is 12.1 Å². The van der Waals surface area contributed by atoms with Crippen LogP contribution in [0.15, 0.2) is 47.3 Å². The highest BCUT2D eigenvalue weighted by molar-refractivity contribution is 5.89. The molecule has 0 spiro atoms. The van der Waals surface area contributed by atoms with Crippen molar-refractivity contribution in [3.05, 3.63) is 81.0 Å². The molecule has 0 saturated carbocycles. The molecule has 0 saturated heterocycles. The topological polar surface area (TPSA) is 78.1 Å². The Morgan fingerprint density at radius 1 is 1.14 bits per heavy atom. The number of halogens is 1. The Morgan fingerprint density at radius 3 is 2.62 bits per heavy atom. The highest BCUT2D eigenvalue weighted by Crippen LogP contribution is 2.20. The molecule has 1 aromatic heterocycles. The van der Waals surface area contributed by atoms with Crippen molar-refractivity contribution in [3.63, 3.8) is 0 Å². The van der Waals surface area contributed by atoms with Crippen LogP contribution >= 0.6 is 0 Å². The molecule has 1 aliphatic rings. The van der Waals surface area contributed by atoms with Gasteiger partial charge in [0.25, 0.3) is 5.56 Å². The number of aromatic amines is 1. The Morgan fingerprint density at radius 2 is 1.90 bits per heavy atom. The van der Waals surface area contributed by atoms with Gasteiger partial charge in [-0.05, 0) is 61.4 Å². The normalized spacial score (nSPS) is 13.1. The molecular weight excluding hydrogens is 371 g/mol. The molecule has 4 rings (SSSR count). The Hall–Kier alpha value is -3.48. The molecule has 0 fully saturated rings. The summed E-state index contributed by atoms with van der Waals surface area (Å²) in [5.74, 6) is 0.0567. The molecule has 2 aromatic carbocycles. The molecule has 0 bridgehead atoms. The van der Waals surface area contributed by atoms with E-state index >= 15 is 0 Å². The number of fused-ring (bicyclic) bond motifs is 1. The van der Waals surface area contributed by atoms with Crippen molar-refractivity contribution in [1.82, 2.24) is 14.9 Å². The van der Waals surface area contributed by atoms with E-state index in [0.717, 1.165) is 16.8 Å². The average molecular weight is 392 g/mol. The van der Waals surface area contributed by atoms with Gasteiger partial charge in [0.2, 0.25) is 0 Å². The van der Waals surface area contributed by atoms with Gasteiger partial charge in [0.15, 0.2) is 0 Å². The molecule has 148 valence electrons. The van der Waals surface area contributed by atoms with Crippen molar-refractivity contribution in [1.29, 1.82) is 0 Å². The van der Waals surface area contributed by atoms with Crippen molar-refractivity contribution < 1.29 is 9.18 Å². The van der Waals surface area contributed by atoms with Crippen LogP contribution in [0.2, 0.25) is 0 Å². The number of hydrogen-bond acceptors (Lipinski definition) is 3. The molecule has 2 heterocycles. The molecule has 7 heteroatoms. The van der Waals surface area contributed by atoms with Crippen molar-refractivity contribution in [2.24, 2.45) is 0 Å². The van der Waals surface area contributed by atoms with Crippen LogP contribution in [-0.2, 0) is 13.0 Å². The highest BCUT2D eigenvalue weighted by atomic mass is 19.1. The number of benzene rings is 2. The van der Waals surface area contributed by atoms with Gasteiger partial charge in [-0.1, -0.05) is 6.07 Å². The van der Waals surface area contributed by atoms with Crippen LogP contribution in [0.5, 0.6) is 0 Å². The van der Waals surface area contributed by atoms with E-state index in [9.17, 15) is 14.0 Å². The number of anilines is 1. The Bertz CT molecular complexity index is 1140. The maximum Gasteiger partial charge on any atom is 0.322 e. The van der Waals surface area contributed by atoms with Gasteiger partial charge in [0, 0.05) is 24.2 Å². The summed E-state index contributed by atoms with van der Waals surface area (Å²) in [5, 5.41) is 2.89. The fourth-order valence-corrected chi connectivity index (χ4v) is 3.36. The van der Waals surface area contributed by atoms with Gasteiger partial charge in [0.1, 0.15) is 11.6 Å². The number of aromatic nitrogens is 2. The van der Waals surface area contributed by atoms with E-state index < -0.39 is 0 Å². The number of H-pyrrole nitrogens is 1. The van der Waals surface area contributed by atoms with Crippen LogP contribution in [0.25, 0.3) is 11.4 Å². The first kappa shape index (κ1) is 18.9. The second-order valence-corrected chi connectivity index (χ2v) is 7.25. The highest BCUT2D eigenvalue weighted by Gasteiger charge is 2.25. The lowest BCUT2D eigenvalue weighted by molar-refractivity contribution is 0.205. The molecular formula is C22H21FN4O2. The first-order valence-electron chi connectivity index (χ1n) is 9.42. The monoisotopic (exact) mass is 392 g/mol. The minimum atomic E-state index is -0.348. The molecule has 0 unspecified atom stereocenters. The van der Waals surface area contributed by atoms with E-state index in [1.54, 1.807) is 17.0 Å². The summed E-state index contributed by atoms with van der Waals surface area (Å²) in [6.07, 6.45) is 0.480. The second-order valence-electron chi connectivity index (χ2n) is 7.25. The molecule has 2 amide bonds. The van der Waals surface area contributed by atoms with Crippen molar-refractivity contribution in [3.8, 4) is 11.4 Å². The standard InChI is InChI=1S/C22H21FN4O2/c1-13-3-8-17(11-14(13)2)24-22(29)27-10-9-19-18(12-27)21(28)26-20(25-19)15-4-6-16(23)7-5-15/h3-8,11H,9-10,12H2,1-2H3,(H,24,29)(H,25,26,28). The number of carbonyl (C=O) groups excluding carboxylic acids is 1. The van der Waals surface area contributed by atoms with E-state index in [4.69, 9.17) is 0 Å². The number of aryl methyl sites for hydroxylation is 2. The van der Waals surface area contributed by atoms with Gasteiger partial charge in [-0.2, -0.15) is 0 Å². The summed E-state index contributed by atoms with van der Waals surface area (Å²) < 4.78 is 13.1. The zero-order chi connectivity index (χ0) is 20.5. The zero-order valence-corrected chi connectivity index (χ0v) is 16.3. The van der Waals surface area contributed by atoms with Gasteiger partial charge in [0.05, 0.1) is 17.8 Å². The maximum atomic E-state index is 13.1. The number of carbonyl (C=O) groups is 1. The lowest BCUT2D eigenvalue weighted by Gasteiger charge is -2.28.